The number of para-hydroxylation sites is 2. The quantitative estimate of drug-likeness (QED) is 0.535. The Hall–Kier alpha value is -3.65. The maximum atomic E-state index is 12.4. The Morgan fingerprint density at radius 3 is 2.30 bits per heavy atom. The minimum absolute atomic E-state index is 0.157. The summed E-state index contributed by atoms with van der Waals surface area (Å²) in [5.74, 6) is 0.381. The van der Waals surface area contributed by atoms with Gasteiger partial charge >= 0.3 is 5.97 Å². The lowest BCUT2D eigenvalue weighted by Crippen LogP contribution is -2.26. The van der Waals surface area contributed by atoms with Crippen LogP contribution in [-0.2, 0) is 14.3 Å². The van der Waals surface area contributed by atoms with Crippen LogP contribution < -0.4 is 19.7 Å². The Labute approximate surface area is 195 Å². The first-order chi connectivity index (χ1) is 16.2. The van der Waals surface area contributed by atoms with E-state index >= 15 is 0 Å². The van der Waals surface area contributed by atoms with Gasteiger partial charge in [-0.2, -0.15) is 0 Å². The van der Waals surface area contributed by atoms with Crippen molar-refractivity contribution >= 4 is 40.7 Å². The van der Waals surface area contributed by atoms with Crippen molar-refractivity contribution in [1.82, 2.24) is 0 Å². The van der Waals surface area contributed by atoms with Crippen molar-refractivity contribution in [2.24, 2.45) is 0 Å². The van der Waals surface area contributed by atoms with E-state index in [-0.39, 0.29) is 13.0 Å². The number of ether oxygens (including phenoxy) is 3. The Kier molecular flexibility index (Phi) is 6.08. The lowest BCUT2D eigenvalue weighted by molar-refractivity contribution is -0.147. The van der Waals surface area contributed by atoms with E-state index in [0.29, 0.717) is 36.9 Å². The summed E-state index contributed by atoms with van der Waals surface area (Å²) < 4.78 is 16.2. The van der Waals surface area contributed by atoms with Gasteiger partial charge < -0.3 is 24.4 Å². The fourth-order valence-corrected chi connectivity index (χ4v) is 4.86. The first-order valence-electron chi connectivity index (χ1n) is 10.7. The number of esters is 1. The highest BCUT2D eigenvalue weighted by Gasteiger charge is 2.23. The van der Waals surface area contributed by atoms with Crippen LogP contribution in [0.3, 0.4) is 0 Å². The number of nitrogens with one attached hydrogen (secondary N) is 1. The van der Waals surface area contributed by atoms with Gasteiger partial charge in [-0.1, -0.05) is 36.0 Å². The second kappa shape index (κ2) is 9.46. The summed E-state index contributed by atoms with van der Waals surface area (Å²) in [5.41, 5.74) is 2.68. The van der Waals surface area contributed by atoms with Crippen LogP contribution >= 0.6 is 11.8 Å². The number of anilines is 3. The summed E-state index contributed by atoms with van der Waals surface area (Å²) in [5, 5.41) is 2.71. The van der Waals surface area contributed by atoms with Crippen molar-refractivity contribution in [2.45, 2.75) is 16.2 Å². The molecule has 7 nitrogen and oxygen atoms in total. The van der Waals surface area contributed by atoms with Crippen LogP contribution in [0, 0.1) is 0 Å². The largest absolute Gasteiger partial charge is 0.486 e. The highest BCUT2D eigenvalue weighted by Crippen LogP contribution is 2.47. The van der Waals surface area contributed by atoms with Gasteiger partial charge in [0.2, 0.25) is 0 Å². The smallest absolute Gasteiger partial charge is 0.308 e. The molecule has 0 unspecified atom stereocenters. The number of fused-ring (bicyclic) bond motifs is 3. The predicted molar refractivity (Wildman–Crippen MR) is 126 cm³/mol. The number of carbonyl (C=O) groups excluding carboxylic acids is 2. The van der Waals surface area contributed by atoms with Gasteiger partial charge in [0.25, 0.3) is 5.91 Å². The number of nitrogens with zero attached hydrogens (tertiary/aromatic N) is 1. The number of amides is 1. The molecular weight excluding hydrogens is 440 g/mol. The number of hydrogen-bond donors (Lipinski definition) is 1. The molecule has 0 saturated carbocycles. The molecule has 2 heterocycles. The first kappa shape index (κ1) is 21.2. The molecule has 0 bridgehead atoms. The van der Waals surface area contributed by atoms with Crippen LogP contribution in [-0.4, -0.2) is 38.2 Å². The molecule has 3 aromatic rings. The minimum atomic E-state index is -0.430. The second-order valence-corrected chi connectivity index (χ2v) is 8.59. The van der Waals surface area contributed by atoms with Crippen LogP contribution in [0.4, 0.5) is 17.1 Å². The Balaban J connectivity index is 1.16. The monoisotopic (exact) mass is 462 g/mol. The fraction of sp³-hybridized carbons (Fsp3) is 0.200. The van der Waals surface area contributed by atoms with E-state index in [4.69, 9.17) is 14.2 Å². The molecule has 3 aromatic carbocycles. The lowest BCUT2D eigenvalue weighted by atomic mass is 10.2. The normalized spacial score (nSPS) is 13.5. The zero-order valence-electron chi connectivity index (χ0n) is 17.8. The van der Waals surface area contributed by atoms with Gasteiger partial charge in [-0.05, 0) is 36.4 Å². The maximum Gasteiger partial charge on any atom is 0.308 e. The molecule has 168 valence electrons. The third-order valence-corrected chi connectivity index (χ3v) is 6.39. The Morgan fingerprint density at radius 2 is 1.58 bits per heavy atom. The Bertz CT molecular complexity index is 1150. The summed E-state index contributed by atoms with van der Waals surface area (Å²) in [6.45, 7) is 1.07. The molecule has 2 aliphatic rings. The topological polar surface area (TPSA) is 77.1 Å². The molecule has 0 fully saturated rings. The van der Waals surface area contributed by atoms with Gasteiger partial charge in [0.1, 0.15) is 13.2 Å². The second-order valence-electron chi connectivity index (χ2n) is 7.51. The zero-order valence-corrected chi connectivity index (χ0v) is 18.6. The first-order valence-corrected chi connectivity index (χ1v) is 11.5. The zero-order chi connectivity index (χ0) is 22.6. The van der Waals surface area contributed by atoms with E-state index in [1.807, 2.05) is 36.4 Å². The number of carbonyl (C=O) groups is 2. The molecular formula is C25H22N2O5S. The highest BCUT2D eigenvalue weighted by atomic mass is 32.2. The van der Waals surface area contributed by atoms with Crippen molar-refractivity contribution in [1.29, 1.82) is 0 Å². The van der Waals surface area contributed by atoms with Crippen molar-refractivity contribution in [3.8, 4) is 11.5 Å². The molecule has 0 saturated heterocycles. The third kappa shape index (κ3) is 4.75. The van der Waals surface area contributed by atoms with Crippen molar-refractivity contribution in [2.75, 3.05) is 36.6 Å². The number of rotatable bonds is 6. The molecule has 0 radical (unpaired) electrons. The molecule has 33 heavy (non-hydrogen) atoms. The van der Waals surface area contributed by atoms with Crippen LogP contribution in [0.1, 0.15) is 6.42 Å². The van der Waals surface area contributed by atoms with E-state index in [9.17, 15) is 9.59 Å². The minimum Gasteiger partial charge on any atom is -0.486 e. The van der Waals surface area contributed by atoms with Crippen LogP contribution in [0.2, 0.25) is 0 Å². The average Bonchev–Trinajstić information content (AvgIpc) is 2.85. The summed E-state index contributed by atoms with van der Waals surface area (Å²) in [6.07, 6.45) is 0.157. The van der Waals surface area contributed by atoms with E-state index in [2.05, 4.69) is 22.3 Å². The Morgan fingerprint density at radius 1 is 0.909 bits per heavy atom. The molecule has 1 N–H and O–H groups in total. The molecule has 0 aromatic heterocycles. The third-order valence-electron chi connectivity index (χ3n) is 5.26. The summed E-state index contributed by atoms with van der Waals surface area (Å²) in [7, 11) is 0. The predicted octanol–water partition coefficient (Wildman–Crippen LogP) is 4.63. The molecule has 0 aliphatic carbocycles. The molecule has 2 aliphatic heterocycles. The van der Waals surface area contributed by atoms with Gasteiger partial charge in [-0.15, -0.1) is 0 Å². The number of hydrogen-bond acceptors (Lipinski definition) is 7. The van der Waals surface area contributed by atoms with Gasteiger partial charge in [0, 0.05) is 28.1 Å². The van der Waals surface area contributed by atoms with Crippen molar-refractivity contribution in [3.05, 3.63) is 66.7 Å². The summed E-state index contributed by atoms with van der Waals surface area (Å²) >= 11 is 1.72. The SMILES string of the molecule is O=C(COC(=O)CCN1c2ccccc2Sc2ccccc21)Nc1ccc2c(c1)OCCO2. The molecule has 5 rings (SSSR count). The van der Waals surface area contributed by atoms with Crippen LogP contribution in [0.15, 0.2) is 76.5 Å². The molecule has 0 atom stereocenters. The fourth-order valence-electron chi connectivity index (χ4n) is 3.76. The highest BCUT2D eigenvalue weighted by molar-refractivity contribution is 7.99. The van der Waals surface area contributed by atoms with Gasteiger partial charge in [0.05, 0.1) is 17.8 Å². The molecule has 1 amide bonds. The molecule has 0 spiro atoms. The maximum absolute atomic E-state index is 12.4. The van der Waals surface area contributed by atoms with Crippen molar-refractivity contribution < 1.29 is 23.8 Å². The lowest BCUT2D eigenvalue weighted by Gasteiger charge is -2.32. The number of benzene rings is 3. The average molecular weight is 463 g/mol. The summed E-state index contributed by atoms with van der Waals surface area (Å²) in [4.78, 5) is 29.0. The van der Waals surface area contributed by atoms with Gasteiger partial charge in [-0.25, -0.2) is 0 Å². The van der Waals surface area contributed by atoms with E-state index in [1.165, 1.54) is 0 Å². The van der Waals surface area contributed by atoms with Gasteiger partial charge in [0.15, 0.2) is 18.1 Å². The summed E-state index contributed by atoms with van der Waals surface area (Å²) in [6, 6.07) is 21.4. The van der Waals surface area contributed by atoms with E-state index in [0.717, 1.165) is 21.2 Å². The van der Waals surface area contributed by atoms with E-state index < -0.39 is 11.9 Å². The van der Waals surface area contributed by atoms with E-state index in [1.54, 1.807) is 30.0 Å². The van der Waals surface area contributed by atoms with Crippen LogP contribution in [0.5, 0.6) is 11.5 Å². The standard InChI is InChI=1S/C25H22N2O5S/c28-24(26-17-9-10-20-21(15-17)31-14-13-30-20)16-32-25(29)11-12-27-18-5-1-3-7-22(18)33-23-8-4-2-6-19(23)27/h1-10,15H,11-14,16H2,(H,26,28). The van der Waals surface area contributed by atoms with Crippen molar-refractivity contribution in [3.63, 3.8) is 0 Å². The van der Waals surface area contributed by atoms with Gasteiger partial charge in [-0.3, -0.25) is 9.59 Å². The van der Waals surface area contributed by atoms with Crippen LogP contribution in [0.25, 0.3) is 0 Å². The molecule has 8 heteroatoms.